The fraction of sp³-hybridized carbons (Fsp3) is 0.409. The average molecular weight is 396 g/mol. The summed E-state index contributed by atoms with van der Waals surface area (Å²) in [6, 6.07) is 7.16. The number of aromatic nitrogens is 1. The number of piperidine rings is 1. The highest BCUT2D eigenvalue weighted by Crippen LogP contribution is 2.44. The van der Waals surface area contributed by atoms with Gasteiger partial charge in [-0.25, -0.2) is 13.8 Å². The van der Waals surface area contributed by atoms with Crippen molar-refractivity contribution in [3.05, 3.63) is 59.3 Å². The number of amides is 1. The molecule has 1 amide bonds. The molecule has 4 heterocycles. The summed E-state index contributed by atoms with van der Waals surface area (Å²) in [6.45, 7) is 3.44. The van der Waals surface area contributed by atoms with Crippen molar-refractivity contribution in [3.8, 4) is 0 Å². The van der Waals surface area contributed by atoms with Crippen LogP contribution in [0.1, 0.15) is 42.9 Å². The van der Waals surface area contributed by atoms with Gasteiger partial charge in [0.05, 0.1) is 6.04 Å². The zero-order valence-electron chi connectivity index (χ0n) is 16.2. The third-order valence-electron chi connectivity index (χ3n) is 6.28. The summed E-state index contributed by atoms with van der Waals surface area (Å²) < 4.78 is 27.4. The standard InChI is InChI=1S/C22H22F2N4O/c1-14-4-7-25-20(10-14)27-8-5-22(6-9-27)21(29)28-18(2-3-19(28)26-22)15-11-16(23)13-17(24)12-15/h4,7,10-13,18H,2-3,5-6,8-9H2,1H3/t18-/m0/s1. The van der Waals surface area contributed by atoms with Crippen LogP contribution >= 0.6 is 0 Å². The summed E-state index contributed by atoms with van der Waals surface area (Å²) in [7, 11) is 0. The Morgan fingerprint density at radius 2 is 1.83 bits per heavy atom. The molecule has 3 aliphatic heterocycles. The van der Waals surface area contributed by atoms with Crippen LogP contribution in [-0.2, 0) is 4.79 Å². The van der Waals surface area contributed by atoms with Crippen molar-refractivity contribution in [2.24, 2.45) is 4.99 Å². The van der Waals surface area contributed by atoms with Crippen LogP contribution in [0, 0.1) is 18.6 Å². The van der Waals surface area contributed by atoms with Crippen molar-refractivity contribution in [1.82, 2.24) is 9.88 Å². The Bertz CT molecular complexity index is 993. The van der Waals surface area contributed by atoms with Crippen molar-refractivity contribution in [2.75, 3.05) is 18.0 Å². The fourth-order valence-electron chi connectivity index (χ4n) is 4.79. The number of pyridine rings is 1. The zero-order chi connectivity index (χ0) is 20.2. The second-order valence-corrected chi connectivity index (χ2v) is 8.17. The van der Waals surface area contributed by atoms with E-state index in [0.29, 0.717) is 44.3 Å². The Morgan fingerprint density at radius 1 is 1.10 bits per heavy atom. The zero-order valence-corrected chi connectivity index (χ0v) is 16.2. The predicted octanol–water partition coefficient (Wildman–Crippen LogP) is 3.78. The molecule has 0 radical (unpaired) electrons. The minimum atomic E-state index is -0.750. The van der Waals surface area contributed by atoms with Crippen molar-refractivity contribution in [2.45, 2.75) is 44.2 Å². The summed E-state index contributed by atoms with van der Waals surface area (Å²) in [6.07, 6.45) is 4.33. The number of anilines is 1. The van der Waals surface area contributed by atoms with Gasteiger partial charge in [0.15, 0.2) is 0 Å². The highest BCUT2D eigenvalue weighted by Gasteiger charge is 2.53. The van der Waals surface area contributed by atoms with Crippen LogP contribution in [-0.4, -0.2) is 40.3 Å². The SMILES string of the molecule is Cc1ccnc(N2CCC3(CC2)N=C2CC[C@@H](c4cc(F)cc(F)c4)N2C3=O)c1. The fourth-order valence-corrected chi connectivity index (χ4v) is 4.79. The molecule has 0 aliphatic carbocycles. The number of carbonyl (C=O) groups excluding carboxylic acids is 1. The first-order valence-corrected chi connectivity index (χ1v) is 10.0. The quantitative estimate of drug-likeness (QED) is 0.776. The molecule has 2 fully saturated rings. The van der Waals surface area contributed by atoms with Gasteiger partial charge in [0.1, 0.15) is 28.8 Å². The number of benzene rings is 1. The van der Waals surface area contributed by atoms with Gasteiger partial charge in [-0.3, -0.25) is 14.7 Å². The van der Waals surface area contributed by atoms with E-state index in [4.69, 9.17) is 4.99 Å². The minimum absolute atomic E-state index is 0.0310. The number of rotatable bonds is 2. The Labute approximate surface area is 168 Å². The number of nitrogens with zero attached hydrogens (tertiary/aromatic N) is 4. The Kier molecular flexibility index (Phi) is 4.15. The van der Waals surface area contributed by atoms with E-state index in [1.54, 1.807) is 11.1 Å². The summed E-state index contributed by atoms with van der Waals surface area (Å²) in [5.41, 5.74) is 0.901. The molecular formula is C22H22F2N4O. The van der Waals surface area contributed by atoms with E-state index >= 15 is 0 Å². The molecule has 3 aliphatic rings. The van der Waals surface area contributed by atoms with Crippen molar-refractivity contribution < 1.29 is 13.6 Å². The molecule has 29 heavy (non-hydrogen) atoms. The molecule has 1 aromatic carbocycles. The van der Waals surface area contributed by atoms with Gasteiger partial charge in [-0.2, -0.15) is 0 Å². The van der Waals surface area contributed by atoms with E-state index in [2.05, 4.69) is 9.88 Å². The number of halogens is 2. The van der Waals surface area contributed by atoms with Gasteiger partial charge in [-0.05, 0) is 61.6 Å². The summed E-state index contributed by atoms with van der Waals surface area (Å²) in [5.74, 6) is 0.409. The lowest BCUT2D eigenvalue weighted by Crippen LogP contribution is -2.50. The number of hydrogen-bond acceptors (Lipinski definition) is 4. The maximum Gasteiger partial charge on any atom is 0.256 e. The molecule has 0 N–H and O–H groups in total. The molecule has 5 rings (SSSR count). The lowest BCUT2D eigenvalue weighted by atomic mass is 9.87. The van der Waals surface area contributed by atoms with Gasteiger partial charge in [0.25, 0.3) is 5.91 Å². The average Bonchev–Trinajstić information content (AvgIpc) is 3.20. The lowest BCUT2D eigenvalue weighted by Gasteiger charge is -2.37. The van der Waals surface area contributed by atoms with Crippen LogP contribution in [0.5, 0.6) is 0 Å². The Balaban J connectivity index is 1.37. The highest BCUT2D eigenvalue weighted by molar-refractivity contribution is 6.10. The highest BCUT2D eigenvalue weighted by atomic mass is 19.1. The number of aliphatic imine (C=N–C) groups is 1. The molecule has 0 saturated carbocycles. The van der Waals surface area contributed by atoms with E-state index in [1.807, 2.05) is 19.1 Å². The maximum absolute atomic E-state index is 13.7. The van der Waals surface area contributed by atoms with Crippen molar-refractivity contribution >= 4 is 17.6 Å². The molecule has 7 heteroatoms. The van der Waals surface area contributed by atoms with Crippen LogP contribution in [0.4, 0.5) is 14.6 Å². The second kappa shape index (κ2) is 6.61. The number of carbonyl (C=O) groups is 1. The first-order chi connectivity index (χ1) is 13.9. The van der Waals surface area contributed by atoms with E-state index < -0.39 is 17.2 Å². The molecule has 5 nitrogen and oxygen atoms in total. The molecule has 150 valence electrons. The van der Waals surface area contributed by atoms with Crippen molar-refractivity contribution in [1.29, 1.82) is 0 Å². The lowest BCUT2D eigenvalue weighted by molar-refractivity contribution is -0.133. The topological polar surface area (TPSA) is 48.8 Å². The summed E-state index contributed by atoms with van der Waals surface area (Å²) in [4.78, 5) is 26.6. The molecule has 1 aromatic heterocycles. The van der Waals surface area contributed by atoms with E-state index in [0.717, 1.165) is 23.3 Å². The predicted molar refractivity (Wildman–Crippen MR) is 106 cm³/mol. The van der Waals surface area contributed by atoms with Crippen molar-refractivity contribution in [3.63, 3.8) is 0 Å². The van der Waals surface area contributed by atoms with Gasteiger partial charge < -0.3 is 4.90 Å². The van der Waals surface area contributed by atoms with Crippen LogP contribution in [0.2, 0.25) is 0 Å². The first-order valence-electron chi connectivity index (χ1n) is 10.0. The molecule has 1 spiro atoms. The molecule has 2 saturated heterocycles. The number of fused-ring (bicyclic) bond motifs is 1. The van der Waals surface area contributed by atoms with Gasteiger partial charge >= 0.3 is 0 Å². The normalized spacial score (nSPS) is 22.9. The van der Waals surface area contributed by atoms with Gasteiger partial charge in [0, 0.05) is 31.8 Å². The van der Waals surface area contributed by atoms with Crippen LogP contribution < -0.4 is 4.90 Å². The molecule has 2 aromatic rings. The van der Waals surface area contributed by atoms with Crippen LogP contribution in [0.25, 0.3) is 0 Å². The molecule has 0 unspecified atom stereocenters. The van der Waals surface area contributed by atoms with E-state index in [1.165, 1.54) is 12.1 Å². The minimum Gasteiger partial charge on any atom is -0.356 e. The first kappa shape index (κ1) is 18.2. The number of amidine groups is 1. The van der Waals surface area contributed by atoms with Gasteiger partial charge in [-0.1, -0.05) is 0 Å². The molecule has 1 atom stereocenters. The molecule has 0 bridgehead atoms. The van der Waals surface area contributed by atoms with E-state index in [9.17, 15) is 13.6 Å². The largest absolute Gasteiger partial charge is 0.356 e. The summed E-state index contributed by atoms with van der Waals surface area (Å²) >= 11 is 0. The monoisotopic (exact) mass is 396 g/mol. The van der Waals surface area contributed by atoms with Gasteiger partial charge in [0.2, 0.25) is 0 Å². The third kappa shape index (κ3) is 2.99. The summed E-state index contributed by atoms with van der Waals surface area (Å²) in [5, 5.41) is 0. The van der Waals surface area contributed by atoms with Crippen LogP contribution in [0.15, 0.2) is 41.5 Å². The number of aryl methyl sites for hydroxylation is 1. The third-order valence-corrected chi connectivity index (χ3v) is 6.28. The molecular weight excluding hydrogens is 374 g/mol. The van der Waals surface area contributed by atoms with Gasteiger partial charge in [-0.15, -0.1) is 0 Å². The number of hydrogen-bond donors (Lipinski definition) is 0. The Morgan fingerprint density at radius 3 is 2.52 bits per heavy atom. The Hall–Kier alpha value is -2.83. The van der Waals surface area contributed by atoms with E-state index in [-0.39, 0.29) is 11.9 Å². The smallest absolute Gasteiger partial charge is 0.256 e. The van der Waals surface area contributed by atoms with Crippen LogP contribution in [0.3, 0.4) is 0 Å². The second-order valence-electron chi connectivity index (χ2n) is 8.17. The maximum atomic E-state index is 13.7.